The molecule has 2 aliphatic rings. The third-order valence-corrected chi connectivity index (χ3v) is 4.59. The number of fused-ring (bicyclic) bond motifs is 1. The first-order chi connectivity index (χ1) is 9.04. The Labute approximate surface area is 112 Å². The number of ether oxygens (including phenoxy) is 1. The maximum absolute atomic E-state index is 11.2. The Balaban J connectivity index is 1.93. The number of benzene rings is 1. The fourth-order valence-electron chi connectivity index (χ4n) is 3.70. The van der Waals surface area contributed by atoms with Crippen LogP contribution in [-0.2, 0) is 4.79 Å². The number of nitrogens with one attached hydrogen (secondary N) is 1. The monoisotopic (exact) mass is 261 g/mol. The van der Waals surface area contributed by atoms with Crippen molar-refractivity contribution >= 4 is 5.97 Å². The van der Waals surface area contributed by atoms with Gasteiger partial charge in [0.25, 0.3) is 0 Å². The molecule has 0 bridgehead atoms. The topological polar surface area (TPSA) is 58.6 Å². The second-order valence-corrected chi connectivity index (χ2v) is 5.67. The van der Waals surface area contributed by atoms with Crippen LogP contribution in [0.2, 0.25) is 0 Å². The van der Waals surface area contributed by atoms with E-state index >= 15 is 0 Å². The Bertz CT molecular complexity index is 517. The summed E-state index contributed by atoms with van der Waals surface area (Å²) >= 11 is 0. The first-order valence-electron chi connectivity index (χ1n) is 6.66. The van der Waals surface area contributed by atoms with E-state index in [2.05, 4.69) is 19.2 Å². The van der Waals surface area contributed by atoms with Crippen LogP contribution in [0, 0.1) is 31.6 Å². The molecule has 2 N–H and O–H groups in total. The van der Waals surface area contributed by atoms with Crippen molar-refractivity contribution in [1.82, 2.24) is 5.32 Å². The Kier molecular flexibility index (Phi) is 2.78. The number of hydrogen-bond acceptors (Lipinski definition) is 3. The molecule has 4 atom stereocenters. The Morgan fingerprint density at radius 3 is 2.47 bits per heavy atom. The van der Waals surface area contributed by atoms with E-state index in [9.17, 15) is 9.90 Å². The summed E-state index contributed by atoms with van der Waals surface area (Å²) in [4.78, 5) is 11.2. The summed E-state index contributed by atoms with van der Waals surface area (Å²) in [5.74, 6) is 0.614. The number of carbonyl (C=O) groups is 1. The highest BCUT2D eigenvalue weighted by molar-refractivity contribution is 5.75. The Hall–Kier alpha value is -1.55. The van der Waals surface area contributed by atoms with E-state index in [1.807, 2.05) is 12.1 Å². The van der Waals surface area contributed by atoms with Gasteiger partial charge in [-0.1, -0.05) is 0 Å². The number of carboxylic acids is 1. The van der Waals surface area contributed by atoms with Crippen LogP contribution >= 0.6 is 0 Å². The van der Waals surface area contributed by atoms with Crippen molar-refractivity contribution in [1.29, 1.82) is 0 Å². The second-order valence-electron chi connectivity index (χ2n) is 5.67. The lowest BCUT2D eigenvalue weighted by atomic mass is 9.92. The minimum absolute atomic E-state index is 0.160. The van der Waals surface area contributed by atoms with Crippen molar-refractivity contribution in [2.75, 3.05) is 13.7 Å². The lowest BCUT2D eigenvalue weighted by Crippen LogP contribution is -2.24. The quantitative estimate of drug-likeness (QED) is 0.872. The third-order valence-electron chi connectivity index (χ3n) is 4.59. The molecule has 0 spiro atoms. The van der Waals surface area contributed by atoms with E-state index in [0.29, 0.717) is 5.92 Å². The van der Waals surface area contributed by atoms with E-state index in [4.69, 9.17) is 4.74 Å². The number of carboxylic acid groups (broad SMARTS) is 1. The second kappa shape index (κ2) is 4.23. The van der Waals surface area contributed by atoms with E-state index in [-0.39, 0.29) is 17.9 Å². The minimum Gasteiger partial charge on any atom is -0.497 e. The van der Waals surface area contributed by atoms with Gasteiger partial charge in [-0.15, -0.1) is 0 Å². The Morgan fingerprint density at radius 2 is 2.00 bits per heavy atom. The van der Waals surface area contributed by atoms with Crippen molar-refractivity contribution in [2.24, 2.45) is 17.8 Å². The van der Waals surface area contributed by atoms with Crippen LogP contribution in [0.1, 0.15) is 22.7 Å². The number of rotatable bonds is 3. The van der Waals surface area contributed by atoms with Gasteiger partial charge in [0.2, 0.25) is 0 Å². The molecule has 1 aliphatic carbocycles. The molecule has 4 heteroatoms. The molecule has 19 heavy (non-hydrogen) atoms. The largest absolute Gasteiger partial charge is 0.497 e. The number of aryl methyl sites for hydroxylation is 2. The van der Waals surface area contributed by atoms with E-state index < -0.39 is 5.97 Å². The zero-order valence-corrected chi connectivity index (χ0v) is 11.4. The van der Waals surface area contributed by atoms with E-state index in [0.717, 1.165) is 12.3 Å². The van der Waals surface area contributed by atoms with Gasteiger partial charge in [-0.05, 0) is 61.1 Å². The molecule has 1 aliphatic heterocycles. The summed E-state index contributed by atoms with van der Waals surface area (Å²) in [6.45, 7) is 4.95. The number of methoxy groups -OCH3 is 1. The minimum atomic E-state index is -0.648. The third kappa shape index (κ3) is 1.82. The van der Waals surface area contributed by atoms with Gasteiger partial charge in [-0.25, -0.2) is 0 Å². The van der Waals surface area contributed by atoms with Gasteiger partial charge in [0, 0.05) is 6.04 Å². The summed E-state index contributed by atoms with van der Waals surface area (Å²) in [5, 5.41) is 12.7. The summed E-state index contributed by atoms with van der Waals surface area (Å²) < 4.78 is 5.28. The molecule has 1 saturated carbocycles. The average Bonchev–Trinajstić information content (AvgIpc) is 2.94. The number of piperidine rings is 1. The normalized spacial score (nSPS) is 31.9. The molecule has 1 aromatic carbocycles. The van der Waals surface area contributed by atoms with E-state index in [1.165, 1.54) is 16.7 Å². The highest BCUT2D eigenvalue weighted by Crippen LogP contribution is 2.58. The molecule has 102 valence electrons. The molecule has 1 heterocycles. The molecule has 0 aromatic heterocycles. The molecule has 1 aromatic rings. The van der Waals surface area contributed by atoms with Crippen LogP contribution in [0.3, 0.4) is 0 Å². The zero-order chi connectivity index (χ0) is 13.7. The lowest BCUT2D eigenvalue weighted by molar-refractivity contribution is -0.139. The summed E-state index contributed by atoms with van der Waals surface area (Å²) in [6.07, 6.45) is 0. The summed E-state index contributed by atoms with van der Waals surface area (Å²) in [5.41, 5.74) is 3.59. The molecular formula is C15H19NO3. The zero-order valence-electron chi connectivity index (χ0n) is 11.4. The highest BCUT2D eigenvalue weighted by atomic mass is 16.5. The summed E-state index contributed by atoms with van der Waals surface area (Å²) in [7, 11) is 1.67. The van der Waals surface area contributed by atoms with Crippen molar-refractivity contribution in [3.63, 3.8) is 0 Å². The lowest BCUT2D eigenvalue weighted by Gasteiger charge is -2.21. The highest BCUT2D eigenvalue weighted by Gasteiger charge is 2.62. The molecule has 0 amide bonds. The standard InChI is InChI=1S/C15H19NO3/c1-7-4-9(19-3)5-8(2)11(7)14-12-10(6-16-14)13(12)15(17)18/h4-5,10,12-14,16H,6H2,1-3H3,(H,17,18). The van der Waals surface area contributed by atoms with Gasteiger partial charge in [0.05, 0.1) is 13.0 Å². The van der Waals surface area contributed by atoms with Gasteiger partial charge in [-0.2, -0.15) is 0 Å². The van der Waals surface area contributed by atoms with Crippen molar-refractivity contribution < 1.29 is 14.6 Å². The van der Waals surface area contributed by atoms with Crippen LogP contribution in [0.5, 0.6) is 5.75 Å². The molecule has 4 nitrogen and oxygen atoms in total. The maximum atomic E-state index is 11.2. The van der Waals surface area contributed by atoms with Gasteiger partial charge in [0.15, 0.2) is 0 Å². The van der Waals surface area contributed by atoms with Crippen molar-refractivity contribution in [3.05, 3.63) is 28.8 Å². The predicted molar refractivity (Wildman–Crippen MR) is 71.3 cm³/mol. The first-order valence-corrected chi connectivity index (χ1v) is 6.66. The first kappa shape index (κ1) is 12.5. The van der Waals surface area contributed by atoms with Gasteiger partial charge in [0.1, 0.15) is 5.75 Å². The van der Waals surface area contributed by atoms with Crippen molar-refractivity contribution in [3.8, 4) is 5.75 Å². The summed E-state index contributed by atoms with van der Waals surface area (Å²) in [6, 6.07) is 4.22. The SMILES string of the molecule is COc1cc(C)c(C2NCC3C(C(=O)O)C23)c(C)c1. The van der Waals surface area contributed by atoms with Gasteiger partial charge < -0.3 is 15.2 Å². The van der Waals surface area contributed by atoms with Crippen LogP contribution in [-0.4, -0.2) is 24.7 Å². The van der Waals surface area contributed by atoms with Crippen LogP contribution < -0.4 is 10.1 Å². The number of aliphatic carboxylic acids is 1. The fourth-order valence-corrected chi connectivity index (χ4v) is 3.70. The van der Waals surface area contributed by atoms with Crippen LogP contribution in [0.15, 0.2) is 12.1 Å². The van der Waals surface area contributed by atoms with Crippen LogP contribution in [0.25, 0.3) is 0 Å². The Morgan fingerprint density at radius 1 is 1.37 bits per heavy atom. The molecule has 0 radical (unpaired) electrons. The molecule has 4 unspecified atom stereocenters. The molecule has 3 rings (SSSR count). The van der Waals surface area contributed by atoms with Gasteiger partial charge in [-0.3, -0.25) is 4.79 Å². The predicted octanol–water partition coefficient (Wildman–Crippen LogP) is 1.90. The van der Waals surface area contributed by atoms with Crippen LogP contribution in [0.4, 0.5) is 0 Å². The smallest absolute Gasteiger partial charge is 0.307 e. The average molecular weight is 261 g/mol. The number of hydrogen-bond donors (Lipinski definition) is 2. The molecular weight excluding hydrogens is 242 g/mol. The van der Waals surface area contributed by atoms with Gasteiger partial charge >= 0.3 is 5.97 Å². The fraction of sp³-hybridized carbons (Fsp3) is 0.533. The maximum Gasteiger partial charge on any atom is 0.307 e. The molecule has 1 saturated heterocycles. The molecule has 2 fully saturated rings. The van der Waals surface area contributed by atoms with Crippen molar-refractivity contribution in [2.45, 2.75) is 19.9 Å². The van der Waals surface area contributed by atoms with E-state index in [1.54, 1.807) is 7.11 Å².